The molecule has 0 aliphatic heterocycles. The van der Waals surface area contributed by atoms with Gasteiger partial charge in [0.1, 0.15) is 0 Å². The van der Waals surface area contributed by atoms with Gasteiger partial charge in [0.15, 0.2) is 0 Å². The van der Waals surface area contributed by atoms with Crippen LogP contribution in [0, 0.1) is 0 Å². The minimum atomic E-state index is 0.634. The number of halogens is 2. The van der Waals surface area contributed by atoms with Crippen LogP contribution in [0.4, 0.5) is 0 Å². The predicted molar refractivity (Wildman–Crippen MR) is 71.3 cm³/mol. The third kappa shape index (κ3) is 4.43. The summed E-state index contributed by atoms with van der Waals surface area (Å²) in [6.07, 6.45) is 2.39. The first-order valence-corrected chi connectivity index (χ1v) is 7.58. The minimum Gasteiger partial charge on any atom is -0.309 e. The lowest BCUT2D eigenvalue weighted by Gasteiger charge is -2.14. The third-order valence-electron chi connectivity index (χ3n) is 2.14. The van der Waals surface area contributed by atoms with E-state index < -0.39 is 0 Å². The van der Waals surface area contributed by atoms with Gasteiger partial charge in [0, 0.05) is 32.6 Å². The maximum absolute atomic E-state index is 3.56. The maximum atomic E-state index is 3.56. The maximum Gasteiger partial charge on any atom is 0.0302 e. The van der Waals surface area contributed by atoms with Gasteiger partial charge in [0.05, 0.1) is 0 Å². The van der Waals surface area contributed by atoms with Crippen LogP contribution in [0.2, 0.25) is 0 Å². The Hall–Kier alpha value is 0.620. The highest BCUT2D eigenvalue weighted by atomic mass is 79.9. The number of nitrogens with one attached hydrogen (secondary N) is 1. The monoisotopic (exact) mass is 339 g/mol. The van der Waals surface area contributed by atoms with Crippen LogP contribution in [0.25, 0.3) is 0 Å². The Bertz CT molecular complexity index is 262. The molecular weight excluding hydrogens is 326 g/mol. The molecule has 1 heterocycles. The van der Waals surface area contributed by atoms with Crippen molar-refractivity contribution in [2.75, 3.05) is 5.33 Å². The summed E-state index contributed by atoms with van der Waals surface area (Å²) in [5.41, 5.74) is 0. The number of rotatable bonds is 6. The van der Waals surface area contributed by atoms with Gasteiger partial charge in [0.25, 0.3) is 0 Å². The van der Waals surface area contributed by atoms with Crippen molar-refractivity contribution >= 4 is 43.2 Å². The van der Waals surface area contributed by atoms with E-state index in [0.29, 0.717) is 6.04 Å². The zero-order chi connectivity index (χ0) is 10.4. The van der Waals surface area contributed by atoms with Gasteiger partial charge < -0.3 is 5.32 Å². The van der Waals surface area contributed by atoms with Crippen molar-refractivity contribution in [3.8, 4) is 0 Å². The quantitative estimate of drug-likeness (QED) is 0.766. The number of alkyl halides is 1. The molecule has 1 rings (SSSR count). The number of thiophene rings is 1. The van der Waals surface area contributed by atoms with Gasteiger partial charge in [-0.1, -0.05) is 22.9 Å². The molecule has 4 heteroatoms. The van der Waals surface area contributed by atoms with E-state index in [1.54, 1.807) is 11.3 Å². The summed E-state index contributed by atoms with van der Waals surface area (Å²) in [6, 6.07) is 2.81. The first-order valence-electron chi connectivity index (χ1n) is 4.78. The second-order valence-electron chi connectivity index (χ2n) is 3.19. The zero-order valence-electron chi connectivity index (χ0n) is 8.22. The first-order chi connectivity index (χ1) is 6.76. The fraction of sp³-hybridized carbons (Fsp3) is 0.600. The summed E-state index contributed by atoms with van der Waals surface area (Å²) in [5.74, 6) is 0. The van der Waals surface area contributed by atoms with Gasteiger partial charge in [-0.05, 0) is 34.8 Å². The second-order valence-corrected chi connectivity index (χ2v) is 5.90. The van der Waals surface area contributed by atoms with E-state index >= 15 is 0 Å². The number of hydrogen-bond donors (Lipinski definition) is 1. The fourth-order valence-corrected chi connectivity index (χ4v) is 3.23. The second kappa shape index (κ2) is 6.99. The smallest absolute Gasteiger partial charge is 0.0302 e. The molecule has 1 nitrogen and oxygen atoms in total. The average molecular weight is 341 g/mol. The molecule has 0 amide bonds. The van der Waals surface area contributed by atoms with E-state index in [2.05, 4.69) is 55.5 Å². The van der Waals surface area contributed by atoms with Gasteiger partial charge in [-0.2, -0.15) is 0 Å². The Morgan fingerprint density at radius 1 is 1.57 bits per heavy atom. The molecule has 0 radical (unpaired) electrons. The lowest BCUT2D eigenvalue weighted by Crippen LogP contribution is -2.27. The summed E-state index contributed by atoms with van der Waals surface area (Å²) in [7, 11) is 0. The van der Waals surface area contributed by atoms with E-state index in [1.807, 2.05) is 0 Å². The van der Waals surface area contributed by atoms with Gasteiger partial charge in [-0.15, -0.1) is 11.3 Å². The Morgan fingerprint density at radius 3 is 2.86 bits per heavy atom. The minimum absolute atomic E-state index is 0.634. The Kier molecular flexibility index (Phi) is 6.33. The molecule has 0 aromatic carbocycles. The van der Waals surface area contributed by atoms with Crippen LogP contribution >= 0.6 is 43.2 Å². The van der Waals surface area contributed by atoms with Crippen LogP contribution in [0.1, 0.15) is 24.6 Å². The van der Waals surface area contributed by atoms with E-state index in [0.717, 1.165) is 11.9 Å². The molecule has 1 atom stereocenters. The van der Waals surface area contributed by atoms with E-state index in [1.165, 1.54) is 22.2 Å². The van der Waals surface area contributed by atoms with Crippen LogP contribution in [-0.2, 0) is 6.54 Å². The normalized spacial score (nSPS) is 13.1. The Morgan fingerprint density at radius 2 is 2.36 bits per heavy atom. The summed E-state index contributed by atoms with van der Waals surface area (Å²) < 4.78 is 1.19. The van der Waals surface area contributed by atoms with Crippen LogP contribution in [0.3, 0.4) is 0 Å². The molecule has 1 aromatic heterocycles. The molecule has 1 unspecified atom stereocenters. The van der Waals surface area contributed by atoms with Crippen molar-refractivity contribution in [1.29, 1.82) is 0 Å². The van der Waals surface area contributed by atoms with Crippen molar-refractivity contribution in [3.63, 3.8) is 0 Å². The molecule has 0 bridgehead atoms. The van der Waals surface area contributed by atoms with E-state index in [4.69, 9.17) is 0 Å². The highest BCUT2D eigenvalue weighted by Gasteiger charge is 2.05. The van der Waals surface area contributed by atoms with Crippen LogP contribution in [-0.4, -0.2) is 11.4 Å². The molecule has 0 aliphatic rings. The van der Waals surface area contributed by atoms with Crippen molar-refractivity contribution in [2.45, 2.75) is 32.4 Å². The highest BCUT2D eigenvalue weighted by molar-refractivity contribution is 9.10. The summed E-state index contributed by atoms with van der Waals surface area (Å²) in [6.45, 7) is 3.21. The largest absolute Gasteiger partial charge is 0.309 e. The summed E-state index contributed by atoms with van der Waals surface area (Å²) >= 11 is 8.74. The fourth-order valence-electron chi connectivity index (χ4n) is 1.27. The average Bonchev–Trinajstić information content (AvgIpc) is 2.59. The van der Waals surface area contributed by atoms with Crippen LogP contribution < -0.4 is 5.32 Å². The lowest BCUT2D eigenvalue weighted by atomic mass is 10.2. The van der Waals surface area contributed by atoms with Crippen molar-refractivity contribution < 1.29 is 0 Å². The molecule has 1 aromatic rings. The van der Waals surface area contributed by atoms with Crippen molar-refractivity contribution in [1.82, 2.24) is 5.32 Å². The Balaban J connectivity index is 2.31. The first kappa shape index (κ1) is 12.7. The molecule has 0 aliphatic carbocycles. The zero-order valence-corrected chi connectivity index (χ0v) is 12.2. The van der Waals surface area contributed by atoms with E-state index in [9.17, 15) is 0 Å². The molecule has 0 saturated heterocycles. The third-order valence-corrected chi connectivity index (χ3v) is 4.29. The number of hydrogen-bond acceptors (Lipinski definition) is 2. The van der Waals surface area contributed by atoms with Gasteiger partial charge in [-0.25, -0.2) is 0 Å². The summed E-state index contributed by atoms with van der Waals surface area (Å²) in [5, 5.41) is 6.76. The molecule has 80 valence electrons. The van der Waals surface area contributed by atoms with Gasteiger partial charge >= 0.3 is 0 Å². The standard InChI is InChI=1S/C10H15Br2NS/c1-2-9(3-4-11)13-6-10-5-8(12)7-14-10/h5,7,9,13H,2-4,6H2,1H3. The van der Waals surface area contributed by atoms with Gasteiger partial charge in [0.2, 0.25) is 0 Å². The SMILES string of the molecule is CCC(CCBr)NCc1cc(Br)cs1. The van der Waals surface area contributed by atoms with Crippen LogP contribution in [0.5, 0.6) is 0 Å². The molecule has 14 heavy (non-hydrogen) atoms. The molecule has 0 spiro atoms. The molecular formula is C10H15Br2NS. The lowest BCUT2D eigenvalue weighted by molar-refractivity contribution is 0.490. The van der Waals surface area contributed by atoms with Crippen molar-refractivity contribution in [2.24, 2.45) is 0 Å². The van der Waals surface area contributed by atoms with Crippen LogP contribution in [0.15, 0.2) is 15.9 Å². The van der Waals surface area contributed by atoms with Crippen molar-refractivity contribution in [3.05, 3.63) is 20.8 Å². The Labute approximate surface area is 107 Å². The topological polar surface area (TPSA) is 12.0 Å². The molecule has 0 fully saturated rings. The molecule has 1 N–H and O–H groups in total. The van der Waals surface area contributed by atoms with E-state index in [-0.39, 0.29) is 0 Å². The molecule has 0 saturated carbocycles. The summed E-state index contributed by atoms with van der Waals surface area (Å²) in [4.78, 5) is 1.39. The predicted octanol–water partition coefficient (Wildman–Crippen LogP) is 4.16. The highest BCUT2D eigenvalue weighted by Crippen LogP contribution is 2.19. The van der Waals surface area contributed by atoms with Gasteiger partial charge in [-0.3, -0.25) is 0 Å².